The Bertz CT molecular complexity index is 491. The Balaban J connectivity index is 1.69. The van der Waals surface area contributed by atoms with Gasteiger partial charge in [-0.2, -0.15) is 0 Å². The molecule has 4 heteroatoms. The van der Waals surface area contributed by atoms with Crippen LogP contribution in [0.2, 0.25) is 0 Å². The molecule has 1 heterocycles. The lowest BCUT2D eigenvalue weighted by Crippen LogP contribution is -2.46. The zero-order valence-electron chi connectivity index (χ0n) is 12.2. The molecule has 0 aromatic heterocycles. The van der Waals surface area contributed by atoms with Gasteiger partial charge in [-0.15, -0.1) is 0 Å². The summed E-state index contributed by atoms with van der Waals surface area (Å²) in [6.45, 7) is 3.17. The van der Waals surface area contributed by atoms with Gasteiger partial charge >= 0.3 is 0 Å². The first-order valence-electron chi connectivity index (χ1n) is 7.36. The predicted octanol–water partition coefficient (Wildman–Crippen LogP) is 1.81. The van der Waals surface area contributed by atoms with E-state index in [0.717, 1.165) is 18.6 Å². The van der Waals surface area contributed by atoms with Gasteiger partial charge in [-0.1, -0.05) is 6.07 Å². The van der Waals surface area contributed by atoms with Crippen LogP contribution in [0.4, 0.5) is 0 Å². The molecule has 2 N–H and O–H groups in total. The third kappa shape index (κ3) is 2.43. The molecule has 1 saturated heterocycles. The number of benzene rings is 1. The van der Waals surface area contributed by atoms with Crippen LogP contribution in [0.15, 0.2) is 18.2 Å². The minimum absolute atomic E-state index is 0.0961. The smallest absolute Gasteiger partial charge is 0.119 e. The molecule has 1 aliphatic heterocycles. The molecule has 0 saturated carbocycles. The van der Waals surface area contributed by atoms with E-state index in [1.165, 1.54) is 11.1 Å². The summed E-state index contributed by atoms with van der Waals surface area (Å²) in [5.74, 6) is 0.897. The third-order valence-corrected chi connectivity index (χ3v) is 4.74. The first kappa shape index (κ1) is 13.9. The van der Waals surface area contributed by atoms with Gasteiger partial charge in [-0.25, -0.2) is 0 Å². The van der Waals surface area contributed by atoms with Gasteiger partial charge in [0.15, 0.2) is 0 Å². The largest absolute Gasteiger partial charge is 0.497 e. The highest BCUT2D eigenvalue weighted by Crippen LogP contribution is 2.34. The van der Waals surface area contributed by atoms with Crippen molar-refractivity contribution in [3.05, 3.63) is 29.3 Å². The standard InChI is InChI=1S/C16H23NO3/c1-11-16(18,7-8-20-11)10-17-15-6-4-12-3-5-13(19-2)9-14(12)15/h3,5,9,11,15,17-18H,4,6-8,10H2,1-2H3. The molecule has 3 unspecified atom stereocenters. The number of ether oxygens (including phenoxy) is 2. The quantitative estimate of drug-likeness (QED) is 0.881. The molecule has 3 rings (SSSR count). The second kappa shape index (κ2) is 5.35. The van der Waals surface area contributed by atoms with Gasteiger partial charge < -0.3 is 19.9 Å². The van der Waals surface area contributed by atoms with Gasteiger partial charge in [0.25, 0.3) is 0 Å². The number of aliphatic hydroxyl groups is 1. The van der Waals surface area contributed by atoms with Crippen molar-refractivity contribution in [2.75, 3.05) is 20.3 Å². The molecule has 110 valence electrons. The normalized spacial score (nSPS) is 32.4. The van der Waals surface area contributed by atoms with Crippen molar-refractivity contribution in [1.82, 2.24) is 5.32 Å². The number of hydrogen-bond donors (Lipinski definition) is 2. The van der Waals surface area contributed by atoms with Crippen LogP contribution in [-0.4, -0.2) is 37.1 Å². The maximum Gasteiger partial charge on any atom is 0.119 e. The second-order valence-electron chi connectivity index (χ2n) is 5.90. The molecule has 3 atom stereocenters. The molecule has 0 spiro atoms. The van der Waals surface area contributed by atoms with E-state index in [9.17, 15) is 5.11 Å². The van der Waals surface area contributed by atoms with Crippen LogP contribution in [0.3, 0.4) is 0 Å². The Morgan fingerprint density at radius 1 is 1.50 bits per heavy atom. The lowest BCUT2D eigenvalue weighted by Gasteiger charge is -2.28. The Labute approximate surface area is 120 Å². The molecule has 1 aliphatic carbocycles. The molecule has 1 aromatic rings. The number of methoxy groups -OCH3 is 1. The van der Waals surface area contributed by atoms with Crippen molar-refractivity contribution in [2.45, 2.75) is 43.9 Å². The average Bonchev–Trinajstić information content (AvgIpc) is 3.01. The van der Waals surface area contributed by atoms with Gasteiger partial charge in [0.2, 0.25) is 0 Å². The van der Waals surface area contributed by atoms with Crippen LogP contribution >= 0.6 is 0 Å². The van der Waals surface area contributed by atoms with Gasteiger partial charge in [0.05, 0.1) is 13.2 Å². The highest BCUT2D eigenvalue weighted by Gasteiger charge is 2.40. The zero-order valence-corrected chi connectivity index (χ0v) is 12.2. The summed E-state index contributed by atoms with van der Waals surface area (Å²) in [6.07, 6.45) is 2.77. The Morgan fingerprint density at radius 2 is 2.35 bits per heavy atom. The summed E-state index contributed by atoms with van der Waals surface area (Å²) in [5.41, 5.74) is 1.95. The van der Waals surface area contributed by atoms with E-state index >= 15 is 0 Å². The first-order valence-corrected chi connectivity index (χ1v) is 7.36. The molecule has 2 aliphatic rings. The molecule has 0 bridgehead atoms. The molecule has 1 aromatic carbocycles. The fourth-order valence-electron chi connectivity index (χ4n) is 3.22. The van der Waals surface area contributed by atoms with Crippen molar-refractivity contribution < 1.29 is 14.6 Å². The summed E-state index contributed by atoms with van der Waals surface area (Å²) in [7, 11) is 1.69. The van der Waals surface area contributed by atoms with E-state index in [-0.39, 0.29) is 6.10 Å². The lowest BCUT2D eigenvalue weighted by molar-refractivity contribution is -0.0277. The summed E-state index contributed by atoms with van der Waals surface area (Å²) >= 11 is 0. The van der Waals surface area contributed by atoms with Gasteiger partial charge in [-0.3, -0.25) is 0 Å². The minimum Gasteiger partial charge on any atom is -0.497 e. The highest BCUT2D eigenvalue weighted by molar-refractivity contribution is 5.40. The van der Waals surface area contributed by atoms with Crippen molar-refractivity contribution in [3.8, 4) is 5.75 Å². The molecule has 1 fully saturated rings. The summed E-state index contributed by atoms with van der Waals surface area (Å²) in [6, 6.07) is 6.57. The predicted molar refractivity (Wildman–Crippen MR) is 77.0 cm³/mol. The van der Waals surface area contributed by atoms with Crippen molar-refractivity contribution in [1.29, 1.82) is 0 Å². The third-order valence-electron chi connectivity index (χ3n) is 4.74. The van der Waals surface area contributed by atoms with Crippen LogP contribution in [0.5, 0.6) is 5.75 Å². The topological polar surface area (TPSA) is 50.7 Å². The lowest BCUT2D eigenvalue weighted by atomic mass is 9.96. The fraction of sp³-hybridized carbons (Fsp3) is 0.625. The summed E-state index contributed by atoms with van der Waals surface area (Å²) < 4.78 is 10.8. The average molecular weight is 277 g/mol. The number of rotatable bonds is 4. The van der Waals surface area contributed by atoms with Crippen molar-refractivity contribution >= 4 is 0 Å². The van der Waals surface area contributed by atoms with E-state index in [1.54, 1.807) is 7.11 Å². The maximum atomic E-state index is 10.6. The Morgan fingerprint density at radius 3 is 3.05 bits per heavy atom. The van der Waals surface area contributed by atoms with Crippen molar-refractivity contribution in [3.63, 3.8) is 0 Å². The number of nitrogens with one attached hydrogen (secondary N) is 1. The van der Waals surface area contributed by atoms with Crippen LogP contribution in [0.1, 0.15) is 36.9 Å². The van der Waals surface area contributed by atoms with Crippen LogP contribution in [0.25, 0.3) is 0 Å². The molecular formula is C16H23NO3. The minimum atomic E-state index is -0.735. The Kier molecular flexibility index (Phi) is 3.71. The van der Waals surface area contributed by atoms with Crippen LogP contribution in [0, 0.1) is 0 Å². The first-order chi connectivity index (χ1) is 9.62. The zero-order chi connectivity index (χ0) is 14.2. The highest BCUT2D eigenvalue weighted by atomic mass is 16.5. The van der Waals surface area contributed by atoms with Crippen LogP contribution < -0.4 is 10.1 Å². The SMILES string of the molecule is COc1ccc2c(c1)C(NCC1(O)CCOC1C)CC2. The second-order valence-corrected chi connectivity index (χ2v) is 5.90. The van der Waals surface area contributed by atoms with E-state index in [1.807, 2.05) is 13.0 Å². The molecular weight excluding hydrogens is 254 g/mol. The molecule has 0 amide bonds. The van der Waals surface area contributed by atoms with E-state index in [0.29, 0.717) is 25.6 Å². The molecule has 4 nitrogen and oxygen atoms in total. The maximum absolute atomic E-state index is 10.6. The van der Waals surface area contributed by atoms with Crippen molar-refractivity contribution in [2.24, 2.45) is 0 Å². The van der Waals surface area contributed by atoms with E-state index in [4.69, 9.17) is 9.47 Å². The fourth-order valence-corrected chi connectivity index (χ4v) is 3.22. The molecule has 0 radical (unpaired) electrons. The summed E-state index contributed by atoms with van der Waals surface area (Å²) in [5, 5.41) is 14.1. The number of hydrogen-bond acceptors (Lipinski definition) is 4. The van der Waals surface area contributed by atoms with E-state index in [2.05, 4.69) is 17.4 Å². The number of aryl methyl sites for hydroxylation is 1. The molecule has 20 heavy (non-hydrogen) atoms. The Hall–Kier alpha value is -1.10. The summed E-state index contributed by atoms with van der Waals surface area (Å²) in [4.78, 5) is 0. The van der Waals surface area contributed by atoms with Gasteiger partial charge in [0.1, 0.15) is 11.4 Å². The number of fused-ring (bicyclic) bond motifs is 1. The van der Waals surface area contributed by atoms with Gasteiger partial charge in [0, 0.05) is 25.6 Å². The monoisotopic (exact) mass is 277 g/mol. The van der Waals surface area contributed by atoms with E-state index < -0.39 is 5.60 Å². The van der Waals surface area contributed by atoms with Gasteiger partial charge in [-0.05, 0) is 43.0 Å². The van der Waals surface area contributed by atoms with Crippen LogP contribution in [-0.2, 0) is 11.2 Å².